The second-order valence-electron chi connectivity index (χ2n) is 10.3. The van der Waals surface area contributed by atoms with Crippen molar-refractivity contribution in [3.63, 3.8) is 0 Å². The van der Waals surface area contributed by atoms with Crippen LogP contribution >= 0.6 is 0 Å². The van der Waals surface area contributed by atoms with Gasteiger partial charge in [-0.15, -0.1) is 0 Å². The molecule has 0 radical (unpaired) electrons. The number of carbonyl (C=O) groups excluding carboxylic acids is 4. The minimum absolute atomic E-state index is 0.291. The summed E-state index contributed by atoms with van der Waals surface area (Å²) >= 11 is 0. The van der Waals surface area contributed by atoms with Crippen molar-refractivity contribution in [2.75, 3.05) is 11.9 Å². The highest BCUT2D eigenvalue weighted by atomic mass is 19.2. The first-order valence-electron chi connectivity index (χ1n) is 12.3. The molecule has 2 rings (SSSR count). The fraction of sp³-hybridized carbons (Fsp3) is 0.393. The molecular formula is C28H31F3N2O7. The Labute approximate surface area is 229 Å². The van der Waals surface area contributed by atoms with Gasteiger partial charge >= 0.3 is 5.97 Å². The van der Waals surface area contributed by atoms with Gasteiger partial charge in [-0.25, -0.2) is 8.78 Å². The van der Waals surface area contributed by atoms with E-state index in [0.29, 0.717) is 11.8 Å². The van der Waals surface area contributed by atoms with Crippen LogP contribution in [0.15, 0.2) is 30.3 Å². The molecule has 0 fully saturated rings. The molecular weight excluding hydrogens is 533 g/mol. The van der Waals surface area contributed by atoms with Crippen LogP contribution in [-0.4, -0.2) is 47.1 Å². The Hall–Kier alpha value is -4.22. The molecule has 0 spiro atoms. The number of Topliss-reactive ketones (excluding diaryl/α,β-unsaturated/α-hetero) is 2. The number of nitrogens with one attached hydrogen (secondary N) is 2. The summed E-state index contributed by atoms with van der Waals surface area (Å²) in [5, 5.41) is 13.9. The lowest BCUT2D eigenvalue weighted by molar-refractivity contribution is -0.141. The Kier molecular flexibility index (Phi) is 10.6. The zero-order valence-electron chi connectivity index (χ0n) is 22.7. The maximum Gasteiger partial charge on any atom is 0.305 e. The van der Waals surface area contributed by atoms with Gasteiger partial charge in [0.15, 0.2) is 23.2 Å². The number of rotatable bonds is 12. The van der Waals surface area contributed by atoms with Crippen LogP contribution in [0.5, 0.6) is 5.75 Å². The first kappa shape index (κ1) is 32.0. The first-order chi connectivity index (χ1) is 18.5. The summed E-state index contributed by atoms with van der Waals surface area (Å²) in [6.45, 7) is 7.14. The van der Waals surface area contributed by atoms with Gasteiger partial charge in [0.05, 0.1) is 6.42 Å². The molecule has 0 unspecified atom stereocenters. The molecule has 40 heavy (non-hydrogen) atoms. The van der Waals surface area contributed by atoms with E-state index in [0.717, 1.165) is 12.5 Å². The quantitative estimate of drug-likeness (QED) is 0.263. The number of ether oxygens (including phenoxy) is 1. The first-order valence-corrected chi connectivity index (χ1v) is 12.3. The van der Waals surface area contributed by atoms with Crippen LogP contribution in [0, 0.1) is 30.3 Å². The average Bonchev–Trinajstić information content (AvgIpc) is 2.86. The van der Waals surface area contributed by atoms with Crippen molar-refractivity contribution in [1.82, 2.24) is 5.32 Å². The average molecular weight is 565 g/mol. The van der Waals surface area contributed by atoms with Crippen LogP contribution in [0.1, 0.15) is 51.7 Å². The van der Waals surface area contributed by atoms with Crippen molar-refractivity contribution in [3.8, 4) is 5.75 Å². The van der Waals surface area contributed by atoms with E-state index in [1.165, 1.54) is 6.92 Å². The molecule has 9 nitrogen and oxygen atoms in total. The van der Waals surface area contributed by atoms with Gasteiger partial charge in [0, 0.05) is 18.0 Å². The number of ketones is 2. The van der Waals surface area contributed by atoms with E-state index in [1.807, 2.05) is 20.8 Å². The number of aryl methyl sites for hydroxylation is 1. The number of hydrogen-bond donors (Lipinski definition) is 3. The zero-order chi connectivity index (χ0) is 30.4. The zero-order valence-corrected chi connectivity index (χ0v) is 22.7. The summed E-state index contributed by atoms with van der Waals surface area (Å²) in [7, 11) is 0. The Morgan fingerprint density at radius 2 is 1.62 bits per heavy atom. The van der Waals surface area contributed by atoms with Crippen LogP contribution in [-0.2, 0) is 29.4 Å². The van der Waals surface area contributed by atoms with Crippen molar-refractivity contribution in [1.29, 1.82) is 0 Å². The summed E-state index contributed by atoms with van der Waals surface area (Å²) in [6.07, 6.45) is -1.47. The number of carbonyl (C=O) groups is 5. The van der Waals surface area contributed by atoms with Gasteiger partial charge in [0.25, 0.3) is 5.91 Å². The molecule has 0 heterocycles. The molecule has 0 bridgehead atoms. The van der Waals surface area contributed by atoms with Crippen LogP contribution in [0.4, 0.5) is 18.9 Å². The monoisotopic (exact) mass is 564 g/mol. The normalized spacial score (nSPS) is 12.7. The number of amides is 2. The predicted molar refractivity (Wildman–Crippen MR) is 138 cm³/mol. The standard InChI is InChI=1S/C28H31F3N2O7/c1-14-10-17(29)24(31)25(23(14)30)40-13-21(35)19(12-22(36)37)33-26(38)15(2)11-20(34)27(39)32-18-9-7-6-8-16(18)28(3,4)5/h6-10,15,19H,11-13H2,1-5H3,(H,32,39)(H,33,38)(H,36,37)/t15-,19+/m1/s1. The van der Waals surface area contributed by atoms with E-state index in [9.17, 15) is 37.1 Å². The van der Waals surface area contributed by atoms with Crippen molar-refractivity contribution in [2.24, 2.45) is 5.92 Å². The highest BCUT2D eigenvalue weighted by Crippen LogP contribution is 2.29. The van der Waals surface area contributed by atoms with Gasteiger partial charge in [-0.05, 0) is 35.6 Å². The maximum atomic E-state index is 14.2. The summed E-state index contributed by atoms with van der Waals surface area (Å²) in [5.41, 5.74) is 0.591. The third kappa shape index (κ3) is 8.39. The van der Waals surface area contributed by atoms with E-state index in [4.69, 9.17) is 9.84 Å². The number of hydrogen-bond acceptors (Lipinski definition) is 6. The number of aliphatic carboxylic acids is 1. The molecule has 2 atom stereocenters. The summed E-state index contributed by atoms with van der Waals surface area (Å²) in [6, 6.07) is 5.81. The second-order valence-corrected chi connectivity index (χ2v) is 10.3. The van der Waals surface area contributed by atoms with Crippen LogP contribution in [0.25, 0.3) is 0 Å². The van der Waals surface area contributed by atoms with Gasteiger partial charge in [-0.2, -0.15) is 4.39 Å². The number of carboxylic acid groups (broad SMARTS) is 1. The largest absolute Gasteiger partial charge is 0.481 e. The minimum atomic E-state index is -1.70. The number of carboxylic acids is 1. The fourth-order valence-electron chi connectivity index (χ4n) is 3.71. The van der Waals surface area contributed by atoms with Crippen molar-refractivity contribution in [2.45, 2.75) is 58.9 Å². The van der Waals surface area contributed by atoms with E-state index in [2.05, 4.69) is 10.6 Å². The number of halogens is 3. The minimum Gasteiger partial charge on any atom is -0.481 e. The van der Waals surface area contributed by atoms with Crippen molar-refractivity contribution >= 4 is 35.0 Å². The number of para-hydroxylation sites is 1. The van der Waals surface area contributed by atoms with E-state index in [-0.39, 0.29) is 11.0 Å². The smallest absolute Gasteiger partial charge is 0.305 e. The van der Waals surface area contributed by atoms with Gasteiger partial charge in [-0.3, -0.25) is 24.0 Å². The molecule has 2 amide bonds. The topological polar surface area (TPSA) is 139 Å². The molecule has 0 aliphatic heterocycles. The molecule has 0 aromatic heterocycles. The Morgan fingerprint density at radius 3 is 2.23 bits per heavy atom. The molecule has 12 heteroatoms. The van der Waals surface area contributed by atoms with E-state index < -0.39 is 84.0 Å². The molecule has 0 aliphatic rings. The van der Waals surface area contributed by atoms with Gasteiger partial charge in [-0.1, -0.05) is 45.9 Å². The van der Waals surface area contributed by atoms with Crippen LogP contribution < -0.4 is 15.4 Å². The van der Waals surface area contributed by atoms with Crippen LogP contribution in [0.3, 0.4) is 0 Å². The fourth-order valence-corrected chi connectivity index (χ4v) is 3.71. The predicted octanol–water partition coefficient (Wildman–Crippen LogP) is 3.85. The number of benzene rings is 2. The van der Waals surface area contributed by atoms with Gasteiger partial charge in [0.1, 0.15) is 12.6 Å². The lowest BCUT2D eigenvalue weighted by Crippen LogP contribution is -2.46. The van der Waals surface area contributed by atoms with Crippen molar-refractivity contribution < 1.29 is 47.0 Å². The molecule has 2 aromatic rings. The SMILES string of the molecule is Cc1cc(F)c(F)c(OCC(=O)[C@H](CC(=O)O)NC(=O)[C@H](C)CC(=O)C(=O)Nc2ccccc2C(C)(C)C)c1F. The molecule has 0 saturated carbocycles. The highest BCUT2D eigenvalue weighted by Gasteiger charge is 2.30. The Bertz CT molecular complexity index is 1300. The second kappa shape index (κ2) is 13.2. The third-order valence-electron chi connectivity index (χ3n) is 5.92. The third-order valence-corrected chi connectivity index (χ3v) is 5.92. The number of anilines is 1. The lowest BCUT2D eigenvalue weighted by Gasteiger charge is -2.23. The Balaban J connectivity index is 2.06. The Morgan fingerprint density at radius 1 is 1.00 bits per heavy atom. The van der Waals surface area contributed by atoms with E-state index in [1.54, 1.807) is 24.3 Å². The lowest BCUT2D eigenvalue weighted by atomic mass is 9.86. The molecule has 216 valence electrons. The maximum absolute atomic E-state index is 14.2. The molecule has 0 aliphatic carbocycles. The van der Waals surface area contributed by atoms with Gasteiger partial charge < -0.3 is 20.5 Å². The molecule has 2 aromatic carbocycles. The van der Waals surface area contributed by atoms with E-state index >= 15 is 0 Å². The van der Waals surface area contributed by atoms with Gasteiger partial charge in [0.2, 0.25) is 17.5 Å². The summed E-state index contributed by atoms with van der Waals surface area (Å²) in [5.74, 6) is -12.0. The van der Waals surface area contributed by atoms with Crippen LogP contribution in [0.2, 0.25) is 0 Å². The molecule has 0 saturated heterocycles. The molecule has 3 N–H and O–H groups in total. The van der Waals surface area contributed by atoms with Crippen molar-refractivity contribution in [3.05, 3.63) is 58.9 Å². The summed E-state index contributed by atoms with van der Waals surface area (Å²) < 4.78 is 46.5. The highest BCUT2D eigenvalue weighted by molar-refractivity contribution is 6.41. The summed E-state index contributed by atoms with van der Waals surface area (Å²) in [4.78, 5) is 61.5.